The fourth-order valence-corrected chi connectivity index (χ4v) is 3.18. The minimum absolute atomic E-state index is 0.0103. The minimum atomic E-state index is -0.448. The van der Waals surface area contributed by atoms with Crippen LogP contribution in [0.15, 0.2) is 24.3 Å². The number of amides is 1. The summed E-state index contributed by atoms with van der Waals surface area (Å²) in [4.78, 5) is 15.0. The highest BCUT2D eigenvalue weighted by atomic mass is 16.2. The lowest BCUT2D eigenvalue weighted by molar-refractivity contribution is -0.135. The van der Waals surface area contributed by atoms with E-state index in [1.165, 1.54) is 11.1 Å². The summed E-state index contributed by atoms with van der Waals surface area (Å²) in [5, 5.41) is 3.58. The molecule has 2 rings (SSSR count). The fourth-order valence-electron chi connectivity index (χ4n) is 3.18. The molecule has 1 aliphatic heterocycles. The standard InChI is InChI=1S/C18H28N2O/c1-6-9-14(4)20-16(15-11-8-10-13(3)12-15)19-18(5,7-2)17(20)21/h8,10-12,14,16,19H,6-7,9H2,1-5H3. The molecule has 1 saturated heterocycles. The van der Waals surface area contributed by atoms with E-state index >= 15 is 0 Å². The van der Waals surface area contributed by atoms with E-state index in [1.807, 2.05) is 6.92 Å². The number of nitrogens with one attached hydrogen (secondary N) is 1. The van der Waals surface area contributed by atoms with E-state index < -0.39 is 5.54 Å². The zero-order valence-electron chi connectivity index (χ0n) is 13.9. The Morgan fingerprint density at radius 2 is 2.10 bits per heavy atom. The summed E-state index contributed by atoms with van der Waals surface area (Å²) in [7, 11) is 0. The lowest BCUT2D eigenvalue weighted by Crippen LogP contribution is -2.44. The topological polar surface area (TPSA) is 32.3 Å². The Morgan fingerprint density at radius 3 is 2.67 bits per heavy atom. The van der Waals surface area contributed by atoms with Crippen molar-refractivity contribution in [3.05, 3.63) is 35.4 Å². The second-order valence-electron chi connectivity index (χ2n) is 6.50. The molecule has 1 aromatic rings. The highest BCUT2D eigenvalue weighted by Gasteiger charge is 2.48. The predicted molar refractivity (Wildman–Crippen MR) is 87.0 cm³/mol. The Bertz CT molecular complexity index is 514. The van der Waals surface area contributed by atoms with Crippen molar-refractivity contribution in [2.75, 3.05) is 0 Å². The molecule has 21 heavy (non-hydrogen) atoms. The normalized spacial score (nSPS) is 27.2. The van der Waals surface area contributed by atoms with Crippen LogP contribution >= 0.6 is 0 Å². The van der Waals surface area contributed by atoms with Crippen molar-refractivity contribution in [1.29, 1.82) is 0 Å². The van der Waals surface area contributed by atoms with Crippen molar-refractivity contribution in [2.45, 2.75) is 71.6 Å². The molecule has 1 aliphatic rings. The molecule has 0 bridgehead atoms. The zero-order valence-corrected chi connectivity index (χ0v) is 13.9. The maximum absolute atomic E-state index is 12.9. The highest BCUT2D eigenvalue weighted by molar-refractivity contribution is 5.88. The molecule has 116 valence electrons. The first-order valence-electron chi connectivity index (χ1n) is 8.10. The number of benzene rings is 1. The second kappa shape index (κ2) is 6.18. The van der Waals surface area contributed by atoms with Crippen molar-refractivity contribution in [3.8, 4) is 0 Å². The average molecular weight is 288 g/mol. The van der Waals surface area contributed by atoms with E-state index in [0.717, 1.165) is 19.3 Å². The van der Waals surface area contributed by atoms with Crippen molar-refractivity contribution in [2.24, 2.45) is 0 Å². The first kappa shape index (κ1) is 16.0. The molecule has 3 atom stereocenters. The van der Waals surface area contributed by atoms with E-state index in [4.69, 9.17) is 0 Å². The maximum Gasteiger partial charge on any atom is 0.244 e. The van der Waals surface area contributed by atoms with Gasteiger partial charge in [-0.15, -0.1) is 0 Å². The Labute approximate surface area is 128 Å². The molecule has 0 spiro atoms. The van der Waals surface area contributed by atoms with Gasteiger partial charge in [0.15, 0.2) is 0 Å². The van der Waals surface area contributed by atoms with Crippen LogP contribution in [0.25, 0.3) is 0 Å². The summed E-state index contributed by atoms with van der Waals surface area (Å²) >= 11 is 0. The van der Waals surface area contributed by atoms with Gasteiger partial charge in [-0.2, -0.15) is 0 Å². The molecule has 0 saturated carbocycles. The average Bonchev–Trinajstić information content (AvgIpc) is 2.72. The molecule has 1 fully saturated rings. The molecule has 3 heteroatoms. The third kappa shape index (κ3) is 2.98. The Morgan fingerprint density at radius 1 is 1.38 bits per heavy atom. The molecule has 1 N–H and O–H groups in total. The van der Waals surface area contributed by atoms with Gasteiger partial charge in [-0.1, -0.05) is 50.1 Å². The van der Waals surface area contributed by atoms with Gasteiger partial charge in [0.1, 0.15) is 6.17 Å². The van der Waals surface area contributed by atoms with Crippen molar-refractivity contribution < 1.29 is 4.79 Å². The molecule has 0 radical (unpaired) electrons. The van der Waals surface area contributed by atoms with Crippen molar-refractivity contribution >= 4 is 5.91 Å². The fraction of sp³-hybridized carbons (Fsp3) is 0.611. The summed E-state index contributed by atoms with van der Waals surface area (Å²) < 4.78 is 0. The monoisotopic (exact) mass is 288 g/mol. The Balaban J connectivity index is 2.39. The van der Waals surface area contributed by atoms with E-state index in [-0.39, 0.29) is 18.1 Å². The van der Waals surface area contributed by atoms with Gasteiger partial charge in [0.2, 0.25) is 5.91 Å². The number of rotatable bonds is 5. The highest BCUT2D eigenvalue weighted by Crippen LogP contribution is 2.35. The second-order valence-corrected chi connectivity index (χ2v) is 6.50. The smallest absolute Gasteiger partial charge is 0.244 e. The Kier molecular flexibility index (Phi) is 4.72. The molecule has 3 nitrogen and oxygen atoms in total. The van der Waals surface area contributed by atoms with Crippen LogP contribution in [0.2, 0.25) is 0 Å². The molecule has 0 aromatic heterocycles. The van der Waals surface area contributed by atoms with Crippen molar-refractivity contribution in [1.82, 2.24) is 10.2 Å². The van der Waals surface area contributed by atoms with Crippen LogP contribution < -0.4 is 5.32 Å². The Hall–Kier alpha value is -1.35. The number of carbonyl (C=O) groups is 1. The van der Waals surface area contributed by atoms with Crippen LogP contribution in [0.4, 0.5) is 0 Å². The molecule has 3 unspecified atom stereocenters. The van der Waals surface area contributed by atoms with E-state index in [9.17, 15) is 4.79 Å². The maximum atomic E-state index is 12.9. The molecular weight excluding hydrogens is 260 g/mol. The van der Waals surface area contributed by atoms with E-state index in [0.29, 0.717) is 0 Å². The summed E-state index contributed by atoms with van der Waals surface area (Å²) in [6.45, 7) is 10.5. The number of carbonyl (C=O) groups excluding carboxylic acids is 1. The van der Waals surface area contributed by atoms with E-state index in [2.05, 4.69) is 62.2 Å². The molecule has 1 aromatic carbocycles. The van der Waals surface area contributed by atoms with Gasteiger partial charge in [-0.3, -0.25) is 10.1 Å². The van der Waals surface area contributed by atoms with Crippen LogP contribution in [0.5, 0.6) is 0 Å². The lowest BCUT2D eigenvalue weighted by atomic mass is 9.99. The third-order valence-corrected chi connectivity index (χ3v) is 4.69. The van der Waals surface area contributed by atoms with Crippen LogP contribution in [0.1, 0.15) is 64.3 Å². The van der Waals surface area contributed by atoms with Gasteiger partial charge in [0.05, 0.1) is 5.54 Å². The largest absolute Gasteiger partial charge is 0.319 e. The summed E-state index contributed by atoms with van der Waals surface area (Å²) in [6, 6.07) is 8.72. The summed E-state index contributed by atoms with van der Waals surface area (Å²) in [5.74, 6) is 0.234. The lowest BCUT2D eigenvalue weighted by Gasteiger charge is -2.30. The number of hydrogen-bond acceptors (Lipinski definition) is 2. The van der Waals surface area contributed by atoms with Gasteiger partial charge in [0.25, 0.3) is 0 Å². The van der Waals surface area contributed by atoms with Gasteiger partial charge in [-0.05, 0) is 39.2 Å². The SMILES string of the molecule is CCCC(C)N1C(=O)C(C)(CC)NC1c1cccc(C)c1. The summed E-state index contributed by atoms with van der Waals surface area (Å²) in [6.07, 6.45) is 2.93. The molecule has 1 amide bonds. The molecular formula is C18H28N2O. The van der Waals surface area contributed by atoms with Crippen LogP contribution in [-0.4, -0.2) is 22.4 Å². The number of aryl methyl sites for hydroxylation is 1. The minimum Gasteiger partial charge on any atom is -0.319 e. The summed E-state index contributed by atoms with van der Waals surface area (Å²) in [5.41, 5.74) is 1.97. The van der Waals surface area contributed by atoms with E-state index in [1.54, 1.807) is 0 Å². The molecule has 1 heterocycles. The third-order valence-electron chi connectivity index (χ3n) is 4.69. The first-order valence-corrected chi connectivity index (χ1v) is 8.10. The van der Waals surface area contributed by atoms with Gasteiger partial charge in [0, 0.05) is 6.04 Å². The van der Waals surface area contributed by atoms with Crippen LogP contribution in [-0.2, 0) is 4.79 Å². The van der Waals surface area contributed by atoms with Crippen molar-refractivity contribution in [3.63, 3.8) is 0 Å². The number of hydrogen-bond donors (Lipinski definition) is 1. The quantitative estimate of drug-likeness (QED) is 0.894. The van der Waals surface area contributed by atoms with Crippen LogP contribution in [0.3, 0.4) is 0 Å². The first-order chi connectivity index (χ1) is 9.92. The zero-order chi connectivity index (χ0) is 15.6. The van der Waals surface area contributed by atoms with Gasteiger partial charge >= 0.3 is 0 Å². The van der Waals surface area contributed by atoms with Gasteiger partial charge < -0.3 is 4.90 Å². The number of nitrogens with zero attached hydrogens (tertiary/aromatic N) is 1. The molecule has 0 aliphatic carbocycles. The van der Waals surface area contributed by atoms with Gasteiger partial charge in [-0.25, -0.2) is 0 Å². The predicted octanol–water partition coefficient (Wildman–Crippen LogP) is 3.78. The van der Waals surface area contributed by atoms with Crippen LogP contribution in [0, 0.1) is 6.92 Å².